The van der Waals surface area contributed by atoms with Gasteiger partial charge in [0.1, 0.15) is 0 Å². The van der Waals surface area contributed by atoms with Crippen molar-refractivity contribution in [3.8, 4) is 5.88 Å². The number of carbonyl (C=O) groups excluding carboxylic acids is 1. The highest BCUT2D eigenvalue weighted by atomic mass is 16.5. The maximum absolute atomic E-state index is 12.7. The molecule has 0 saturated heterocycles. The van der Waals surface area contributed by atoms with E-state index in [1.165, 1.54) is 13.3 Å². The molecule has 0 bridgehead atoms. The maximum atomic E-state index is 12.7. The molecule has 4 aromatic rings. The second-order valence-electron chi connectivity index (χ2n) is 5.55. The van der Waals surface area contributed by atoms with Crippen molar-refractivity contribution in [2.45, 2.75) is 0 Å². The van der Waals surface area contributed by atoms with E-state index in [0.717, 1.165) is 16.2 Å². The van der Waals surface area contributed by atoms with Crippen LogP contribution < -0.4 is 15.6 Å². The summed E-state index contributed by atoms with van der Waals surface area (Å²) in [6.45, 7) is 0. The van der Waals surface area contributed by atoms with Crippen molar-refractivity contribution in [2.24, 2.45) is 0 Å². The second kappa shape index (κ2) is 6.64. The van der Waals surface area contributed by atoms with Crippen LogP contribution in [0.5, 0.6) is 5.88 Å². The van der Waals surface area contributed by atoms with E-state index in [1.54, 1.807) is 12.3 Å². The number of aromatic nitrogens is 3. The molecule has 128 valence electrons. The van der Waals surface area contributed by atoms with Crippen LogP contribution in [0.1, 0.15) is 10.4 Å². The molecule has 2 aromatic heterocycles. The Morgan fingerprint density at radius 3 is 2.73 bits per heavy atom. The van der Waals surface area contributed by atoms with E-state index >= 15 is 0 Å². The Morgan fingerprint density at radius 2 is 1.85 bits per heavy atom. The first-order valence-corrected chi connectivity index (χ1v) is 7.96. The van der Waals surface area contributed by atoms with E-state index in [9.17, 15) is 4.79 Å². The smallest absolute Gasteiger partial charge is 0.271 e. The van der Waals surface area contributed by atoms with Gasteiger partial charge in [-0.05, 0) is 22.9 Å². The first-order chi connectivity index (χ1) is 12.8. The summed E-state index contributed by atoms with van der Waals surface area (Å²) in [5, 5.41) is 2.94. The molecule has 0 atom stereocenters. The third-order valence-corrected chi connectivity index (χ3v) is 3.99. The van der Waals surface area contributed by atoms with Gasteiger partial charge in [-0.2, -0.15) is 4.98 Å². The fourth-order valence-corrected chi connectivity index (χ4v) is 2.80. The molecule has 7 heteroatoms. The average Bonchev–Trinajstić information content (AvgIpc) is 2.71. The standard InChI is InChI=1S/C19H15N5O2/c1-26-16-8-10-21-19(22-16)24-23-18(25)15-11-12-5-2-3-6-13(12)14-7-4-9-20-17(14)15/h2-11H,1H3,(H,23,25)(H,21,22,24). The topological polar surface area (TPSA) is 89.0 Å². The van der Waals surface area contributed by atoms with Gasteiger partial charge in [-0.1, -0.05) is 30.3 Å². The fourth-order valence-electron chi connectivity index (χ4n) is 2.80. The molecule has 0 unspecified atom stereocenters. The van der Waals surface area contributed by atoms with Crippen molar-refractivity contribution >= 4 is 33.5 Å². The molecule has 7 nitrogen and oxygen atoms in total. The Morgan fingerprint density at radius 1 is 1.00 bits per heavy atom. The molecule has 2 heterocycles. The van der Waals surface area contributed by atoms with Gasteiger partial charge in [-0.25, -0.2) is 4.98 Å². The summed E-state index contributed by atoms with van der Waals surface area (Å²) < 4.78 is 5.04. The van der Waals surface area contributed by atoms with E-state index in [2.05, 4.69) is 25.8 Å². The van der Waals surface area contributed by atoms with E-state index in [-0.39, 0.29) is 11.9 Å². The summed E-state index contributed by atoms with van der Waals surface area (Å²) in [6, 6.07) is 15.2. The summed E-state index contributed by atoms with van der Waals surface area (Å²) in [4.78, 5) is 25.3. The van der Waals surface area contributed by atoms with Crippen LogP contribution in [0.15, 0.2) is 60.9 Å². The summed E-state index contributed by atoms with van der Waals surface area (Å²) in [5.41, 5.74) is 6.42. The largest absolute Gasteiger partial charge is 0.481 e. The molecular formula is C19H15N5O2. The van der Waals surface area contributed by atoms with Crippen molar-refractivity contribution in [1.29, 1.82) is 0 Å². The number of anilines is 1. The van der Waals surface area contributed by atoms with Crippen LogP contribution in [0.3, 0.4) is 0 Å². The molecular weight excluding hydrogens is 330 g/mol. The molecule has 0 aliphatic rings. The van der Waals surface area contributed by atoms with Gasteiger partial charge in [-0.15, -0.1) is 0 Å². The SMILES string of the molecule is COc1ccnc(NNC(=O)c2cc3ccccc3c3cccnc23)n1. The van der Waals surface area contributed by atoms with Crippen molar-refractivity contribution < 1.29 is 9.53 Å². The number of carbonyl (C=O) groups is 1. The molecule has 0 radical (unpaired) electrons. The quantitative estimate of drug-likeness (QED) is 0.437. The molecule has 4 rings (SSSR count). The summed E-state index contributed by atoms with van der Waals surface area (Å²) in [5.74, 6) is 0.302. The number of hydrogen-bond acceptors (Lipinski definition) is 6. The lowest BCUT2D eigenvalue weighted by Gasteiger charge is -2.11. The van der Waals surface area contributed by atoms with Crippen molar-refractivity contribution in [1.82, 2.24) is 20.4 Å². The van der Waals surface area contributed by atoms with Crippen LogP contribution in [0.25, 0.3) is 21.7 Å². The van der Waals surface area contributed by atoms with Gasteiger partial charge in [0.2, 0.25) is 11.8 Å². The predicted molar refractivity (Wildman–Crippen MR) is 98.9 cm³/mol. The van der Waals surface area contributed by atoms with Crippen LogP contribution >= 0.6 is 0 Å². The minimum atomic E-state index is -0.328. The number of fused-ring (bicyclic) bond motifs is 3. The van der Waals surface area contributed by atoms with E-state index in [1.807, 2.05) is 42.5 Å². The van der Waals surface area contributed by atoms with Crippen LogP contribution in [0.2, 0.25) is 0 Å². The lowest BCUT2D eigenvalue weighted by atomic mass is 10.0. The number of nitrogens with zero attached hydrogens (tertiary/aromatic N) is 3. The Kier molecular flexibility index (Phi) is 4.03. The number of rotatable bonds is 4. The normalized spacial score (nSPS) is 10.7. The zero-order valence-corrected chi connectivity index (χ0v) is 13.9. The Bertz CT molecular complexity index is 1110. The van der Waals surface area contributed by atoms with E-state index in [0.29, 0.717) is 17.0 Å². The number of pyridine rings is 1. The van der Waals surface area contributed by atoms with Crippen LogP contribution in [-0.2, 0) is 0 Å². The van der Waals surface area contributed by atoms with Gasteiger partial charge in [0.15, 0.2) is 0 Å². The van der Waals surface area contributed by atoms with E-state index in [4.69, 9.17) is 4.74 Å². The predicted octanol–water partition coefficient (Wildman–Crippen LogP) is 2.94. The lowest BCUT2D eigenvalue weighted by Crippen LogP contribution is -2.30. The number of hydrogen-bond donors (Lipinski definition) is 2. The number of ether oxygens (including phenoxy) is 1. The Balaban J connectivity index is 1.69. The highest BCUT2D eigenvalue weighted by Crippen LogP contribution is 2.27. The van der Waals surface area contributed by atoms with Crippen molar-refractivity contribution in [3.63, 3.8) is 0 Å². The molecule has 0 spiro atoms. The Hall–Kier alpha value is -3.74. The average molecular weight is 345 g/mol. The van der Waals surface area contributed by atoms with Crippen LogP contribution in [0, 0.1) is 0 Å². The van der Waals surface area contributed by atoms with Gasteiger partial charge in [0.25, 0.3) is 5.91 Å². The zero-order valence-electron chi connectivity index (χ0n) is 13.9. The first-order valence-electron chi connectivity index (χ1n) is 7.96. The lowest BCUT2D eigenvalue weighted by molar-refractivity contribution is 0.0964. The van der Waals surface area contributed by atoms with Crippen LogP contribution in [0.4, 0.5) is 5.95 Å². The highest BCUT2D eigenvalue weighted by Gasteiger charge is 2.14. The minimum Gasteiger partial charge on any atom is -0.481 e. The van der Waals surface area contributed by atoms with E-state index < -0.39 is 0 Å². The Labute approximate surface area is 149 Å². The zero-order chi connectivity index (χ0) is 17.9. The van der Waals surface area contributed by atoms with Crippen LogP contribution in [-0.4, -0.2) is 28.0 Å². The molecule has 0 aliphatic heterocycles. The van der Waals surface area contributed by atoms with Gasteiger partial charge in [0.05, 0.1) is 18.2 Å². The number of hydrazine groups is 1. The minimum absolute atomic E-state index is 0.232. The third kappa shape index (κ3) is 2.86. The van der Waals surface area contributed by atoms with Crippen molar-refractivity contribution in [3.05, 3.63) is 66.5 Å². The van der Waals surface area contributed by atoms with Gasteiger partial charge in [-0.3, -0.25) is 20.6 Å². The summed E-state index contributed by atoms with van der Waals surface area (Å²) in [7, 11) is 1.51. The third-order valence-electron chi connectivity index (χ3n) is 3.99. The summed E-state index contributed by atoms with van der Waals surface area (Å²) >= 11 is 0. The number of methoxy groups -OCH3 is 1. The summed E-state index contributed by atoms with van der Waals surface area (Å²) in [6.07, 6.45) is 3.21. The van der Waals surface area contributed by atoms with Gasteiger partial charge in [0, 0.05) is 23.8 Å². The monoisotopic (exact) mass is 345 g/mol. The molecule has 1 amide bonds. The highest BCUT2D eigenvalue weighted by molar-refractivity contribution is 6.15. The molecule has 0 fully saturated rings. The van der Waals surface area contributed by atoms with Gasteiger partial charge >= 0.3 is 0 Å². The molecule has 2 aromatic carbocycles. The maximum Gasteiger partial charge on any atom is 0.271 e. The fraction of sp³-hybridized carbons (Fsp3) is 0.0526. The van der Waals surface area contributed by atoms with Crippen molar-refractivity contribution in [2.75, 3.05) is 12.5 Å². The van der Waals surface area contributed by atoms with Gasteiger partial charge < -0.3 is 4.74 Å². The number of benzene rings is 2. The molecule has 26 heavy (non-hydrogen) atoms. The number of amides is 1. The number of nitrogens with one attached hydrogen (secondary N) is 2. The molecule has 0 saturated carbocycles. The molecule has 0 aliphatic carbocycles. The molecule has 2 N–H and O–H groups in total. The first kappa shape index (κ1) is 15.8. The second-order valence-corrected chi connectivity index (χ2v) is 5.55.